The molecule has 2 nitrogen and oxygen atoms in total. The van der Waals surface area contributed by atoms with Gasteiger partial charge in [0, 0.05) is 31.0 Å². The van der Waals surface area contributed by atoms with Gasteiger partial charge < -0.3 is 10.2 Å². The Hall–Kier alpha value is -0.520. The van der Waals surface area contributed by atoms with Gasteiger partial charge in [0.2, 0.25) is 0 Å². The van der Waals surface area contributed by atoms with Crippen LogP contribution in [-0.4, -0.2) is 23.4 Å². The maximum absolute atomic E-state index is 8.60. The van der Waals surface area contributed by atoms with Crippen LogP contribution in [0.2, 0.25) is 0 Å². The smallest absolute Gasteiger partial charge is 0.0475 e. The fraction of sp³-hybridized carbons (Fsp3) is 0.714. The van der Waals surface area contributed by atoms with Crippen LogP contribution in [0.4, 0.5) is 0 Å². The molecule has 0 heterocycles. The Bertz CT molecular complexity index is 126. The largest absolute Gasteiger partial charge is 0.396 e. The fourth-order valence-electron chi connectivity index (χ4n) is 1.19. The minimum Gasteiger partial charge on any atom is -0.396 e. The van der Waals surface area contributed by atoms with Gasteiger partial charge in [-0.05, 0) is 0 Å². The Kier molecular flexibility index (Phi) is 1.75. The summed E-state index contributed by atoms with van der Waals surface area (Å²) in [4.78, 5) is 0. The summed E-state index contributed by atoms with van der Waals surface area (Å²) in [6, 6.07) is 0. The first-order valence-electron chi connectivity index (χ1n) is 3.03. The Labute approximate surface area is 54.5 Å². The first-order valence-corrected chi connectivity index (χ1v) is 3.03. The zero-order valence-corrected chi connectivity index (χ0v) is 5.12. The third kappa shape index (κ3) is 0.937. The van der Waals surface area contributed by atoms with Crippen LogP contribution in [0.25, 0.3) is 0 Å². The van der Waals surface area contributed by atoms with Crippen LogP contribution in [0.5, 0.6) is 0 Å². The topological polar surface area (TPSA) is 40.5 Å². The van der Waals surface area contributed by atoms with Crippen LogP contribution in [0.3, 0.4) is 0 Å². The maximum Gasteiger partial charge on any atom is 0.0475 e. The van der Waals surface area contributed by atoms with Crippen LogP contribution >= 0.6 is 0 Å². The average Bonchev–Trinajstić information content (AvgIpc) is 2.59. The van der Waals surface area contributed by atoms with Crippen molar-refractivity contribution in [2.24, 2.45) is 17.8 Å². The van der Waals surface area contributed by atoms with Crippen LogP contribution < -0.4 is 0 Å². The molecule has 1 rings (SSSR count). The third-order valence-corrected chi connectivity index (χ3v) is 1.95. The molecule has 0 spiro atoms. The van der Waals surface area contributed by atoms with E-state index in [2.05, 4.69) is 5.92 Å². The molecule has 3 atom stereocenters. The van der Waals surface area contributed by atoms with E-state index in [1.807, 2.05) is 0 Å². The van der Waals surface area contributed by atoms with Crippen molar-refractivity contribution in [3.05, 3.63) is 0 Å². The Morgan fingerprint density at radius 1 is 1.22 bits per heavy atom. The molecule has 0 aromatic heterocycles. The van der Waals surface area contributed by atoms with E-state index in [1.54, 1.807) is 0 Å². The van der Waals surface area contributed by atoms with Crippen molar-refractivity contribution in [3.63, 3.8) is 0 Å². The van der Waals surface area contributed by atoms with Crippen molar-refractivity contribution in [2.45, 2.75) is 0 Å². The van der Waals surface area contributed by atoms with Gasteiger partial charge in [0.1, 0.15) is 0 Å². The summed E-state index contributed by atoms with van der Waals surface area (Å²) in [5.74, 6) is 2.98. The predicted molar refractivity (Wildman–Crippen MR) is 33.5 cm³/mol. The van der Waals surface area contributed by atoms with Gasteiger partial charge in [0.05, 0.1) is 0 Å². The van der Waals surface area contributed by atoms with Crippen LogP contribution in [0, 0.1) is 30.1 Å². The minimum absolute atomic E-state index is 0.111. The highest BCUT2D eigenvalue weighted by Gasteiger charge is 2.47. The normalized spacial score (nSPS) is 39.9. The van der Waals surface area contributed by atoms with Crippen molar-refractivity contribution < 1.29 is 10.2 Å². The van der Waals surface area contributed by atoms with Gasteiger partial charge in [-0.1, -0.05) is 0 Å². The zero-order valence-electron chi connectivity index (χ0n) is 5.12. The molecule has 1 unspecified atom stereocenters. The first kappa shape index (κ1) is 6.60. The van der Waals surface area contributed by atoms with Gasteiger partial charge in [0.15, 0.2) is 0 Å². The second kappa shape index (κ2) is 2.38. The van der Waals surface area contributed by atoms with Crippen LogP contribution in [-0.2, 0) is 0 Å². The van der Waals surface area contributed by atoms with Crippen molar-refractivity contribution >= 4 is 0 Å². The van der Waals surface area contributed by atoms with Gasteiger partial charge >= 0.3 is 0 Å². The minimum atomic E-state index is 0.111. The molecule has 2 heteroatoms. The lowest BCUT2D eigenvalue weighted by Crippen LogP contribution is -1.91. The Balaban J connectivity index is 2.37. The number of hydrogen-bond acceptors (Lipinski definition) is 2. The lowest BCUT2D eigenvalue weighted by molar-refractivity contribution is 0.232. The lowest BCUT2D eigenvalue weighted by Gasteiger charge is -1.84. The average molecular weight is 126 g/mol. The number of rotatable bonds is 2. The fourth-order valence-corrected chi connectivity index (χ4v) is 1.19. The molecule has 50 valence electrons. The van der Waals surface area contributed by atoms with E-state index in [-0.39, 0.29) is 31.0 Å². The quantitative estimate of drug-likeness (QED) is 0.488. The van der Waals surface area contributed by atoms with Gasteiger partial charge in [-0.2, -0.15) is 0 Å². The number of aliphatic hydroxyl groups is 2. The highest BCUT2D eigenvalue weighted by molar-refractivity contribution is 5.12. The van der Waals surface area contributed by atoms with E-state index < -0.39 is 0 Å². The maximum atomic E-state index is 8.60. The van der Waals surface area contributed by atoms with E-state index in [1.165, 1.54) is 0 Å². The summed E-state index contributed by atoms with van der Waals surface area (Å²) in [6.45, 7) is 0.222. The van der Waals surface area contributed by atoms with E-state index in [0.717, 1.165) is 0 Å². The predicted octanol–water partition coefficient (Wildman–Crippen LogP) is -0.534. The van der Waals surface area contributed by atoms with Gasteiger partial charge in [-0.15, -0.1) is 12.3 Å². The van der Waals surface area contributed by atoms with Crippen molar-refractivity contribution in [1.82, 2.24) is 0 Å². The van der Waals surface area contributed by atoms with E-state index in [9.17, 15) is 0 Å². The van der Waals surface area contributed by atoms with Crippen molar-refractivity contribution in [3.8, 4) is 12.3 Å². The highest BCUT2D eigenvalue weighted by atomic mass is 16.3. The Morgan fingerprint density at radius 2 is 1.67 bits per heavy atom. The van der Waals surface area contributed by atoms with Crippen LogP contribution in [0.15, 0.2) is 0 Å². The van der Waals surface area contributed by atoms with Crippen molar-refractivity contribution in [2.75, 3.05) is 13.2 Å². The number of terminal acetylenes is 1. The molecule has 1 aliphatic rings. The molecule has 0 aliphatic heterocycles. The second-order valence-electron chi connectivity index (χ2n) is 2.39. The van der Waals surface area contributed by atoms with Gasteiger partial charge in [-0.25, -0.2) is 0 Å². The molecule has 0 radical (unpaired) electrons. The molecule has 0 aromatic rings. The summed E-state index contributed by atoms with van der Waals surface area (Å²) in [6.07, 6.45) is 5.09. The monoisotopic (exact) mass is 126 g/mol. The second-order valence-corrected chi connectivity index (χ2v) is 2.39. The standard InChI is InChI=1S/C7H10O2/c1-2-5-6(3-8)7(5)4-9/h1,5-9H,3-4H2/t5?,6-,7+. The van der Waals surface area contributed by atoms with E-state index in [0.29, 0.717) is 0 Å². The van der Waals surface area contributed by atoms with Gasteiger partial charge in [-0.3, -0.25) is 0 Å². The molecule has 1 saturated carbocycles. The molecule has 0 aromatic carbocycles. The molecule has 1 fully saturated rings. The molecular weight excluding hydrogens is 116 g/mol. The van der Waals surface area contributed by atoms with E-state index >= 15 is 0 Å². The Morgan fingerprint density at radius 3 is 1.78 bits per heavy atom. The summed E-state index contributed by atoms with van der Waals surface area (Å²) in [7, 11) is 0. The van der Waals surface area contributed by atoms with Gasteiger partial charge in [0.25, 0.3) is 0 Å². The summed E-state index contributed by atoms with van der Waals surface area (Å²) in [5, 5.41) is 17.2. The molecule has 0 amide bonds. The molecule has 9 heavy (non-hydrogen) atoms. The van der Waals surface area contributed by atoms with Crippen molar-refractivity contribution in [1.29, 1.82) is 0 Å². The molecule has 1 aliphatic carbocycles. The molecule has 0 bridgehead atoms. The summed E-state index contributed by atoms with van der Waals surface area (Å²) < 4.78 is 0. The van der Waals surface area contributed by atoms with Crippen LogP contribution in [0.1, 0.15) is 0 Å². The lowest BCUT2D eigenvalue weighted by atomic mass is 10.3. The summed E-state index contributed by atoms with van der Waals surface area (Å²) in [5.41, 5.74) is 0. The number of hydrogen-bond donors (Lipinski definition) is 2. The first-order chi connectivity index (χ1) is 4.35. The highest BCUT2D eigenvalue weighted by Crippen LogP contribution is 2.44. The molecule has 0 saturated heterocycles. The number of aliphatic hydroxyl groups excluding tert-OH is 2. The SMILES string of the molecule is C#CC1[C@@H](CO)[C@H]1CO. The van der Waals surface area contributed by atoms with E-state index in [4.69, 9.17) is 16.6 Å². The third-order valence-electron chi connectivity index (χ3n) is 1.95. The molecule has 2 N–H and O–H groups in total. The zero-order chi connectivity index (χ0) is 6.85. The summed E-state index contributed by atoms with van der Waals surface area (Å²) >= 11 is 0. The molecular formula is C7H10O2.